The van der Waals surface area contributed by atoms with Gasteiger partial charge in [-0.1, -0.05) is 5.18 Å². The molecule has 0 N–H and O–H groups in total. The highest BCUT2D eigenvalue weighted by Gasteiger charge is 2.27. The fraction of sp³-hybridized carbons (Fsp3) is 0.750. The number of hydrogen-bond acceptors (Lipinski definition) is 6. The number of nitrogens with zero attached hydrogens (tertiary/aromatic N) is 5. The van der Waals surface area contributed by atoms with Crippen molar-refractivity contribution in [3.8, 4) is 0 Å². The summed E-state index contributed by atoms with van der Waals surface area (Å²) in [4.78, 5) is 23.1. The molecule has 1 aliphatic rings. The molecule has 2 rings (SSSR count). The first-order chi connectivity index (χ1) is 9.41. The highest BCUT2D eigenvalue weighted by Crippen LogP contribution is 2.25. The summed E-state index contributed by atoms with van der Waals surface area (Å²) in [5.74, 6) is 0. The molecule has 8 nitrogen and oxygen atoms in total. The van der Waals surface area contributed by atoms with Crippen molar-refractivity contribution in [1.29, 1.82) is 0 Å². The maximum absolute atomic E-state index is 10.7. The second-order valence-electron chi connectivity index (χ2n) is 5.85. The van der Waals surface area contributed by atoms with Crippen LogP contribution >= 0.6 is 0 Å². The lowest BCUT2D eigenvalue weighted by atomic mass is 10.0. The lowest BCUT2D eigenvalue weighted by molar-refractivity contribution is -0.385. The SMILES string of the molecule is CC(C)(CN1CCC(n2cc([N+](=O)[O-])cn2)CC1)N=O. The summed E-state index contributed by atoms with van der Waals surface area (Å²) >= 11 is 0. The Morgan fingerprint density at radius 1 is 1.50 bits per heavy atom. The van der Waals surface area contributed by atoms with Gasteiger partial charge in [-0.15, -0.1) is 0 Å². The summed E-state index contributed by atoms with van der Waals surface area (Å²) in [5.41, 5.74) is -0.546. The number of nitro groups is 1. The van der Waals surface area contributed by atoms with Gasteiger partial charge in [-0.05, 0) is 26.7 Å². The zero-order valence-electron chi connectivity index (χ0n) is 11.7. The van der Waals surface area contributed by atoms with Crippen LogP contribution in [0.5, 0.6) is 0 Å². The Morgan fingerprint density at radius 3 is 2.65 bits per heavy atom. The molecule has 0 radical (unpaired) electrons. The molecule has 2 heterocycles. The molecule has 0 unspecified atom stereocenters. The number of hydrogen-bond donors (Lipinski definition) is 0. The average molecular weight is 281 g/mol. The van der Waals surface area contributed by atoms with Crippen molar-refractivity contribution in [3.05, 3.63) is 27.4 Å². The molecule has 0 saturated carbocycles. The summed E-state index contributed by atoms with van der Waals surface area (Å²) in [6.07, 6.45) is 4.50. The van der Waals surface area contributed by atoms with Gasteiger partial charge in [-0.25, -0.2) is 0 Å². The standard InChI is InChI=1S/C12H19N5O3/c1-12(2,14-18)9-15-5-3-10(4-6-15)16-8-11(7-13-16)17(19)20/h7-8,10H,3-6,9H2,1-2H3. The van der Waals surface area contributed by atoms with Crippen molar-refractivity contribution in [3.63, 3.8) is 0 Å². The normalized spacial score (nSPS) is 18.1. The van der Waals surface area contributed by atoms with Crippen LogP contribution in [0.1, 0.15) is 32.7 Å². The van der Waals surface area contributed by atoms with Crippen LogP contribution in [0.25, 0.3) is 0 Å². The average Bonchev–Trinajstić information content (AvgIpc) is 2.89. The molecular weight excluding hydrogens is 262 g/mol. The van der Waals surface area contributed by atoms with Crippen LogP contribution in [0.4, 0.5) is 5.69 Å². The van der Waals surface area contributed by atoms with E-state index in [0.717, 1.165) is 25.9 Å². The number of piperidine rings is 1. The lowest BCUT2D eigenvalue weighted by Crippen LogP contribution is -2.42. The molecule has 110 valence electrons. The largest absolute Gasteiger partial charge is 0.307 e. The Kier molecular flexibility index (Phi) is 4.12. The molecule has 0 bridgehead atoms. The van der Waals surface area contributed by atoms with E-state index in [0.29, 0.717) is 6.54 Å². The van der Waals surface area contributed by atoms with E-state index in [1.165, 1.54) is 12.4 Å². The van der Waals surface area contributed by atoms with E-state index in [1.54, 1.807) is 4.68 Å². The van der Waals surface area contributed by atoms with E-state index in [4.69, 9.17) is 0 Å². The first-order valence-electron chi connectivity index (χ1n) is 6.67. The summed E-state index contributed by atoms with van der Waals surface area (Å²) in [6.45, 7) is 5.98. The van der Waals surface area contributed by atoms with Gasteiger partial charge in [0.25, 0.3) is 0 Å². The van der Waals surface area contributed by atoms with Crippen molar-refractivity contribution in [2.24, 2.45) is 5.18 Å². The van der Waals surface area contributed by atoms with Crippen molar-refractivity contribution >= 4 is 5.69 Å². The summed E-state index contributed by atoms with van der Waals surface area (Å²) < 4.78 is 1.68. The molecule has 8 heteroatoms. The molecule has 1 aliphatic heterocycles. The van der Waals surface area contributed by atoms with Gasteiger partial charge < -0.3 is 4.90 Å². The molecule has 0 aliphatic carbocycles. The van der Waals surface area contributed by atoms with E-state index in [2.05, 4.69) is 15.2 Å². The van der Waals surface area contributed by atoms with Gasteiger partial charge in [-0.3, -0.25) is 14.8 Å². The van der Waals surface area contributed by atoms with Gasteiger partial charge in [0.1, 0.15) is 17.9 Å². The van der Waals surface area contributed by atoms with E-state index in [1.807, 2.05) is 13.8 Å². The summed E-state index contributed by atoms with van der Waals surface area (Å²) in [6, 6.07) is 0.187. The second kappa shape index (κ2) is 5.66. The zero-order valence-corrected chi connectivity index (χ0v) is 11.7. The van der Waals surface area contributed by atoms with Crippen LogP contribution in [0, 0.1) is 15.0 Å². The molecule has 0 atom stereocenters. The molecule has 0 spiro atoms. The number of rotatable bonds is 5. The smallest absolute Gasteiger partial charge is 0.301 e. The van der Waals surface area contributed by atoms with Crippen LogP contribution < -0.4 is 0 Å². The number of likely N-dealkylation sites (tertiary alicyclic amines) is 1. The van der Waals surface area contributed by atoms with Gasteiger partial charge in [0.15, 0.2) is 0 Å². The molecular formula is C12H19N5O3. The van der Waals surface area contributed by atoms with Gasteiger partial charge in [0.2, 0.25) is 0 Å². The fourth-order valence-corrected chi connectivity index (χ4v) is 2.54. The topological polar surface area (TPSA) is 93.6 Å². The Bertz CT molecular complexity index is 491. The molecule has 0 amide bonds. The minimum atomic E-state index is -0.572. The van der Waals surface area contributed by atoms with Crippen LogP contribution in [-0.2, 0) is 0 Å². The van der Waals surface area contributed by atoms with E-state index < -0.39 is 10.5 Å². The van der Waals surface area contributed by atoms with Gasteiger partial charge in [0, 0.05) is 19.6 Å². The van der Waals surface area contributed by atoms with Gasteiger partial charge in [-0.2, -0.15) is 10.0 Å². The molecule has 1 aromatic heterocycles. The minimum Gasteiger partial charge on any atom is -0.301 e. The highest BCUT2D eigenvalue weighted by atomic mass is 16.6. The fourth-order valence-electron chi connectivity index (χ4n) is 2.54. The third-order valence-electron chi connectivity index (χ3n) is 3.59. The maximum Gasteiger partial charge on any atom is 0.307 e. The zero-order chi connectivity index (χ0) is 14.8. The molecule has 1 aromatic rings. The predicted molar refractivity (Wildman–Crippen MR) is 73.5 cm³/mol. The van der Waals surface area contributed by atoms with Crippen molar-refractivity contribution in [1.82, 2.24) is 14.7 Å². The van der Waals surface area contributed by atoms with E-state index in [-0.39, 0.29) is 11.7 Å². The Balaban J connectivity index is 1.90. The minimum absolute atomic E-state index is 0.0266. The monoisotopic (exact) mass is 281 g/mol. The third kappa shape index (κ3) is 3.38. The van der Waals surface area contributed by atoms with Crippen LogP contribution in [0.15, 0.2) is 17.6 Å². The van der Waals surface area contributed by atoms with E-state index in [9.17, 15) is 15.0 Å². The van der Waals surface area contributed by atoms with Crippen LogP contribution in [-0.4, -0.2) is 44.8 Å². The second-order valence-corrected chi connectivity index (χ2v) is 5.85. The number of aromatic nitrogens is 2. The van der Waals surface area contributed by atoms with Crippen LogP contribution in [0.2, 0.25) is 0 Å². The predicted octanol–water partition coefficient (Wildman–Crippen LogP) is 1.97. The first-order valence-corrected chi connectivity index (χ1v) is 6.67. The molecule has 20 heavy (non-hydrogen) atoms. The third-order valence-corrected chi connectivity index (χ3v) is 3.59. The van der Waals surface area contributed by atoms with Crippen molar-refractivity contribution in [2.45, 2.75) is 38.3 Å². The summed E-state index contributed by atoms with van der Waals surface area (Å²) in [7, 11) is 0. The Morgan fingerprint density at radius 2 is 2.15 bits per heavy atom. The van der Waals surface area contributed by atoms with Crippen molar-refractivity contribution < 1.29 is 4.92 Å². The quantitative estimate of drug-likeness (QED) is 0.467. The van der Waals surface area contributed by atoms with E-state index >= 15 is 0 Å². The van der Waals surface area contributed by atoms with Crippen molar-refractivity contribution in [2.75, 3.05) is 19.6 Å². The number of nitroso groups, excluding NO2 is 1. The van der Waals surface area contributed by atoms with Gasteiger partial charge in [0.05, 0.1) is 11.0 Å². The summed E-state index contributed by atoms with van der Waals surface area (Å²) in [5, 5.41) is 17.8. The Labute approximate surface area is 116 Å². The molecule has 1 saturated heterocycles. The molecule has 1 fully saturated rings. The first kappa shape index (κ1) is 14.6. The highest BCUT2D eigenvalue weighted by molar-refractivity contribution is 5.21. The van der Waals surface area contributed by atoms with Gasteiger partial charge >= 0.3 is 5.69 Å². The van der Waals surface area contributed by atoms with Crippen LogP contribution in [0.3, 0.4) is 0 Å². The molecule has 0 aromatic carbocycles. The Hall–Kier alpha value is -1.83. The lowest BCUT2D eigenvalue weighted by Gasteiger charge is -2.34. The maximum atomic E-state index is 10.7.